The first-order chi connectivity index (χ1) is 8.31. The summed E-state index contributed by atoms with van der Waals surface area (Å²) in [6.07, 6.45) is 1.27. The van der Waals surface area contributed by atoms with E-state index >= 15 is 0 Å². The molecule has 0 aliphatic heterocycles. The molecule has 0 saturated carbocycles. The number of aldehydes is 1. The van der Waals surface area contributed by atoms with E-state index in [4.69, 9.17) is 0 Å². The second kappa shape index (κ2) is 3.67. The Morgan fingerprint density at radius 3 is 2.35 bits per heavy atom. The summed E-state index contributed by atoms with van der Waals surface area (Å²) < 4.78 is 0. The second-order valence-corrected chi connectivity index (χ2v) is 4.13. The van der Waals surface area contributed by atoms with E-state index in [-0.39, 0.29) is 5.78 Å². The molecule has 0 aromatic heterocycles. The number of carbonyl (C=O) groups is 2. The molecule has 0 heterocycles. The summed E-state index contributed by atoms with van der Waals surface area (Å²) in [7, 11) is 0. The number of hydrogen-bond acceptors (Lipinski definition) is 2. The molecular weight excluding hydrogens is 212 g/mol. The monoisotopic (exact) mass is 222 g/mol. The van der Waals surface area contributed by atoms with Gasteiger partial charge in [-0.05, 0) is 22.8 Å². The molecule has 2 nitrogen and oxygen atoms in total. The summed E-state index contributed by atoms with van der Waals surface area (Å²) in [6, 6.07) is 13.2. The van der Waals surface area contributed by atoms with Crippen LogP contribution in [-0.4, -0.2) is 12.1 Å². The van der Waals surface area contributed by atoms with Crippen molar-refractivity contribution in [1.29, 1.82) is 0 Å². The molecule has 0 unspecified atom stereocenters. The van der Waals surface area contributed by atoms with E-state index in [0.717, 1.165) is 34.1 Å². The fourth-order valence-electron chi connectivity index (χ4n) is 2.30. The Labute approximate surface area is 98.9 Å². The molecule has 0 bridgehead atoms. The van der Waals surface area contributed by atoms with Crippen molar-refractivity contribution < 1.29 is 9.59 Å². The van der Waals surface area contributed by atoms with Crippen molar-refractivity contribution in [3.05, 3.63) is 59.2 Å². The lowest BCUT2D eigenvalue weighted by Crippen LogP contribution is -1.95. The Hall–Kier alpha value is -2.22. The van der Waals surface area contributed by atoms with E-state index in [0.29, 0.717) is 6.42 Å². The fourth-order valence-corrected chi connectivity index (χ4v) is 2.30. The lowest BCUT2D eigenvalue weighted by atomic mass is 10.0. The molecule has 0 spiro atoms. The largest absolute Gasteiger partial charge is 0.303 e. The van der Waals surface area contributed by atoms with Gasteiger partial charge in [0.2, 0.25) is 0 Å². The van der Waals surface area contributed by atoms with E-state index < -0.39 is 0 Å². The topological polar surface area (TPSA) is 34.1 Å². The number of fused-ring (bicyclic) bond motifs is 3. The third-order valence-corrected chi connectivity index (χ3v) is 3.11. The van der Waals surface area contributed by atoms with Crippen LogP contribution in [0, 0.1) is 0 Å². The number of rotatable bonds is 2. The molecule has 0 fully saturated rings. The van der Waals surface area contributed by atoms with Crippen molar-refractivity contribution in [2.24, 2.45) is 0 Å². The first-order valence-electron chi connectivity index (χ1n) is 5.52. The maximum absolute atomic E-state index is 12.1. The summed E-state index contributed by atoms with van der Waals surface area (Å²) in [6.45, 7) is 0. The molecular formula is C15H10O2. The quantitative estimate of drug-likeness (QED) is 0.624. The SMILES string of the molecule is O=CCc1ccc2c(c1)-c1ccccc1C2=O. The van der Waals surface area contributed by atoms with Crippen LogP contribution in [0.25, 0.3) is 11.1 Å². The zero-order valence-electron chi connectivity index (χ0n) is 9.14. The number of benzene rings is 2. The molecule has 2 heteroatoms. The van der Waals surface area contributed by atoms with Gasteiger partial charge in [-0.1, -0.05) is 36.4 Å². The second-order valence-electron chi connectivity index (χ2n) is 4.13. The van der Waals surface area contributed by atoms with E-state index in [1.807, 2.05) is 42.5 Å². The standard InChI is InChI=1S/C15H10O2/c16-8-7-10-5-6-13-14(9-10)11-3-1-2-4-12(11)15(13)17/h1-6,8-9H,7H2. The van der Waals surface area contributed by atoms with E-state index in [2.05, 4.69) is 0 Å². The molecule has 3 rings (SSSR count). The van der Waals surface area contributed by atoms with Gasteiger partial charge in [-0.25, -0.2) is 0 Å². The van der Waals surface area contributed by atoms with Crippen molar-refractivity contribution in [2.45, 2.75) is 6.42 Å². The molecule has 1 aliphatic carbocycles. The van der Waals surface area contributed by atoms with Gasteiger partial charge >= 0.3 is 0 Å². The minimum Gasteiger partial charge on any atom is -0.303 e. The average molecular weight is 222 g/mol. The first kappa shape index (κ1) is 9.97. The molecule has 1 aliphatic rings. The third-order valence-electron chi connectivity index (χ3n) is 3.11. The van der Waals surface area contributed by atoms with Crippen LogP contribution in [-0.2, 0) is 11.2 Å². The summed E-state index contributed by atoms with van der Waals surface area (Å²) >= 11 is 0. The highest BCUT2D eigenvalue weighted by Crippen LogP contribution is 2.36. The minimum atomic E-state index is 0.0771. The molecule has 0 N–H and O–H groups in total. The van der Waals surface area contributed by atoms with Crippen LogP contribution in [0.5, 0.6) is 0 Å². The van der Waals surface area contributed by atoms with Gasteiger partial charge in [-0.2, -0.15) is 0 Å². The molecule has 2 aromatic rings. The highest BCUT2D eigenvalue weighted by atomic mass is 16.1. The van der Waals surface area contributed by atoms with Gasteiger partial charge in [0.05, 0.1) is 0 Å². The molecule has 17 heavy (non-hydrogen) atoms. The van der Waals surface area contributed by atoms with Crippen LogP contribution < -0.4 is 0 Å². The van der Waals surface area contributed by atoms with Gasteiger partial charge in [0.1, 0.15) is 6.29 Å². The van der Waals surface area contributed by atoms with Gasteiger partial charge < -0.3 is 4.79 Å². The normalized spacial score (nSPS) is 12.1. The third kappa shape index (κ3) is 1.41. The van der Waals surface area contributed by atoms with Gasteiger partial charge in [-0.3, -0.25) is 4.79 Å². The minimum absolute atomic E-state index is 0.0771. The fraction of sp³-hybridized carbons (Fsp3) is 0.0667. The lowest BCUT2D eigenvalue weighted by molar-refractivity contribution is -0.107. The van der Waals surface area contributed by atoms with Crippen LogP contribution in [0.4, 0.5) is 0 Å². The Morgan fingerprint density at radius 2 is 1.59 bits per heavy atom. The number of hydrogen-bond donors (Lipinski definition) is 0. The summed E-state index contributed by atoms with van der Waals surface area (Å²) in [5, 5.41) is 0. The zero-order chi connectivity index (χ0) is 11.8. The molecule has 2 aromatic carbocycles. The maximum Gasteiger partial charge on any atom is 0.194 e. The predicted octanol–water partition coefficient (Wildman–Crippen LogP) is 2.64. The Kier molecular flexibility index (Phi) is 2.15. The molecule has 0 atom stereocenters. The molecule has 0 radical (unpaired) electrons. The number of ketones is 1. The van der Waals surface area contributed by atoms with Gasteiger partial charge in [0.15, 0.2) is 5.78 Å². The van der Waals surface area contributed by atoms with Crippen molar-refractivity contribution in [3.63, 3.8) is 0 Å². The Morgan fingerprint density at radius 1 is 0.882 bits per heavy atom. The van der Waals surface area contributed by atoms with Crippen LogP contribution in [0.3, 0.4) is 0 Å². The summed E-state index contributed by atoms with van der Waals surface area (Å²) in [5.74, 6) is 0.0771. The van der Waals surface area contributed by atoms with E-state index in [1.165, 1.54) is 0 Å². The predicted molar refractivity (Wildman–Crippen MR) is 65.1 cm³/mol. The molecule has 0 saturated heterocycles. The summed E-state index contributed by atoms with van der Waals surface area (Å²) in [4.78, 5) is 22.6. The number of carbonyl (C=O) groups excluding carboxylic acids is 2. The van der Waals surface area contributed by atoms with E-state index in [1.54, 1.807) is 0 Å². The first-order valence-corrected chi connectivity index (χ1v) is 5.52. The Bertz CT molecular complexity index is 627. The van der Waals surface area contributed by atoms with E-state index in [9.17, 15) is 9.59 Å². The lowest BCUT2D eigenvalue weighted by Gasteiger charge is -2.01. The van der Waals surface area contributed by atoms with Crippen molar-refractivity contribution in [3.8, 4) is 11.1 Å². The van der Waals surface area contributed by atoms with Crippen molar-refractivity contribution in [1.82, 2.24) is 0 Å². The molecule has 0 amide bonds. The highest BCUT2D eigenvalue weighted by molar-refractivity contribution is 6.21. The van der Waals surface area contributed by atoms with Crippen LogP contribution in [0.15, 0.2) is 42.5 Å². The van der Waals surface area contributed by atoms with Crippen LogP contribution in [0.1, 0.15) is 21.5 Å². The van der Waals surface area contributed by atoms with Crippen molar-refractivity contribution >= 4 is 12.1 Å². The average Bonchev–Trinajstić information content (AvgIpc) is 2.65. The highest BCUT2D eigenvalue weighted by Gasteiger charge is 2.25. The Balaban J connectivity index is 2.23. The van der Waals surface area contributed by atoms with Gasteiger partial charge in [-0.15, -0.1) is 0 Å². The van der Waals surface area contributed by atoms with Gasteiger partial charge in [0.25, 0.3) is 0 Å². The summed E-state index contributed by atoms with van der Waals surface area (Å²) in [5.41, 5.74) is 4.36. The molecule has 82 valence electrons. The van der Waals surface area contributed by atoms with Gasteiger partial charge in [0, 0.05) is 17.5 Å². The van der Waals surface area contributed by atoms with Crippen LogP contribution >= 0.6 is 0 Å². The van der Waals surface area contributed by atoms with Crippen molar-refractivity contribution in [2.75, 3.05) is 0 Å². The maximum atomic E-state index is 12.1. The zero-order valence-corrected chi connectivity index (χ0v) is 9.14. The smallest absolute Gasteiger partial charge is 0.194 e. The van der Waals surface area contributed by atoms with Crippen LogP contribution in [0.2, 0.25) is 0 Å².